The fourth-order valence-electron chi connectivity index (χ4n) is 12.4. The second kappa shape index (κ2) is 16.1. The predicted molar refractivity (Wildman–Crippen MR) is 294 cm³/mol. The summed E-state index contributed by atoms with van der Waals surface area (Å²) in [6, 6.07) is 98.4. The average molecular weight is 906 g/mol. The van der Waals surface area contributed by atoms with Gasteiger partial charge in [-0.2, -0.15) is 0 Å². The Bertz CT molecular complexity index is 3960. The number of benzene rings is 11. The van der Waals surface area contributed by atoms with Gasteiger partial charge in [0.25, 0.3) is 0 Å². The lowest BCUT2D eigenvalue weighted by Crippen LogP contribution is -2.28. The molecule has 2 nitrogen and oxygen atoms in total. The minimum absolute atomic E-state index is 0.433. The van der Waals surface area contributed by atoms with Crippen molar-refractivity contribution in [3.8, 4) is 44.5 Å². The molecule has 0 N–H and O–H groups in total. The van der Waals surface area contributed by atoms with Crippen molar-refractivity contribution in [2.24, 2.45) is 0 Å². The van der Waals surface area contributed by atoms with Crippen molar-refractivity contribution in [2.75, 3.05) is 4.90 Å². The van der Waals surface area contributed by atoms with Crippen molar-refractivity contribution in [1.29, 1.82) is 0 Å². The number of hydrogen-bond acceptors (Lipinski definition) is 2. The predicted octanol–water partition coefficient (Wildman–Crippen LogP) is 18.1. The van der Waals surface area contributed by atoms with Gasteiger partial charge in [-0.05, 0) is 145 Å². The van der Waals surface area contributed by atoms with Gasteiger partial charge in [0, 0.05) is 33.2 Å². The van der Waals surface area contributed by atoms with Gasteiger partial charge in [-0.25, -0.2) is 0 Å². The number of para-hydroxylation sites is 1. The average Bonchev–Trinajstić information content (AvgIpc) is 4.06. The molecule has 12 aromatic rings. The first-order chi connectivity index (χ1) is 35.1. The second-order valence-corrected chi connectivity index (χ2v) is 19.3. The van der Waals surface area contributed by atoms with Gasteiger partial charge in [0.1, 0.15) is 11.2 Å². The van der Waals surface area contributed by atoms with Gasteiger partial charge in [-0.1, -0.05) is 212 Å². The molecular formula is C69H47NO. The van der Waals surface area contributed by atoms with Gasteiger partial charge in [0.2, 0.25) is 0 Å². The monoisotopic (exact) mass is 905 g/mol. The summed E-state index contributed by atoms with van der Waals surface area (Å²) < 4.78 is 6.44. The molecular weight excluding hydrogens is 859 g/mol. The molecule has 2 aliphatic carbocycles. The highest BCUT2D eigenvalue weighted by Gasteiger charge is 2.47. The Hall–Kier alpha value is -8.98. The Labute approximate surface area is 414 Å². The van der Waals surface area contributed by atoms with E-state index in [-0.39, 0.29) is 0 Å². The van der Waals surface area contributed by atoms with E-state index in [1.807, 2.05) is 12.1 Å². The molecule has 2 aliphatic rings. The van der Waals surface area contributed by atoms with Crippen LogP contribution in [0.25, 0.3) is 66.4 Å². The van der Waals surface area contributed by atoms with Crippen LogP contribution < -0.4 is 4.90 Å². The maximum Gasteiger partial charge on any atom is 0.136 e. The van der Waals surface area contributed by atoms with Crippen LogP contribution in [0, 0.1) is 0 Å². The number of hydrogen-bond donors (Lipinski definition) is 0. The third kappa shape index (κ3) is 6.14. The Balaban J connectivity index is 1.02. The van der Waals surface area contributed by atoms with E-state index in [4.69, 9.17) is 4.42 Å². The van der Waals surface area contributed by atoms with Crippen molar-refractivity contribution in [3.63, 3.8) is 0 Å². The van der Waals surface area contributed by atoms with E-state index in [0.29, 0.717) is 0 Å². The molecule has 14 rings (SSSR count). The molecule has 0 bridgehead atoms. The van der Waals surface area contributed by atoms with Crippen molar-refractivity contribution in [3.05, 3.63) is 306 Å². The summed E-state index contributed by atoms with van der Waals surface area (Å²) in [5, 5.41) is 2.25. The molecule has 1 unspecified atom stereocenters. The van der Waals surface area contributed by atoms with Gasteiger partial charge in [0.05, 0.1) is 5.41 Å². The molecule has 0 aliphatic heterocycles. The van der Waals surface area contributed by atoms with Crippen LogP contribution in [0.2, 0.25) is 0 Å². The number of rotatable bonds is 8. The van der Waals surface area contributed by atoms with E-state index in [9.17, 15) is 0 Å². The summed E-state index contributed by atoms with van der Waals surface area (Å²) in [5.41, 5.74) is 22.7. The second-order valence-electron chi connectivity index (χ2n) is 19.3. The summed E-state index contributed by atoms with van der Waals surface area (Å²) in [7, 11) is 0. The normalized spacial score (nSPS) is 15.0. The lowest BCUT2D eigenvalue weighted by Gasteiger charge is -2.35. The largest absolute Gasteiger partial charge is 0.456 e. The van der Waals surface area contributed by atoms with Gasteiger partial charge in [0.15, 0.2) is 0 Å². The zero-order valence-corrected chi connectivity index (χ0v) is 39.3. The van der Waals surface area contributed by atoms with Crippen molar-refractivity contribution < 1.29 is 4.42 Å². The van der Waals surface area contributed by atoms with Gasteiger partial charge < -0.3 is 9.32 Å². The molecule has 0 fully saturated rings. The van der Waals surface area contributed by atoms with Crippen LogP contribution in [0.15, 0.2) is 271 Å². The molecule has 0 saturated heterocycles. The summed E-state index contributed by atoms with van der Waals surface area (Å²) in [5.74, 6) is 0. The zero-order valence-electron chi connectivity index (χ0n) is 39.3. The minimum Gasteiger partial charge on any atom is -0.456 e. The Kier molecular flexibility index (Phi) is 9.28. The first-order valence-electron chi connectivity index (χ1n) is 24.7. The molecule has 0 spiro atoms. The van der Waals surface area contributed by atoms with E-state index in [1.54, 1.807) is 0 Å². The smallest absolute Gasteiger partial charge is 0.136 e. The molecule has 0 amide bonds. The zero-order chi connectivity index (χ0) is 47.1. The molecule has 0 saturated carbocycles. The van der Waals surface area contributed by atoms with Gasteiger partial charge >= 0.3 is 0 Å². The van der Waals surface area contributed by atoms with Crippen molar-refractivity contribution in [2.45, 2.75) is 17.8 Å². The summed E-state index contributed by atoms with van der Waals surface area (Å²) in [6.45, 7) is 2.42. The first-order valence-corrected chi connectivity index (χ1v) is 24.7. The highest BCUT2D eigenvalue weighted by molar-refractivity contribution is 6.06. The maximum absolute atomic E-state index is 6.44. The van der Waals surface area contributed by atoms with Crippen LogP contribution in [0.5, 0.6) is 0 Å². The SMILES string of the molecule is CC1(c2ccccc2)c2cc(N(c3cccc(-c4ccc5c(c4)oc4ccccc45)c3)c3ccc4c(c3)C(c3ccccc3)(c3ccccc3)c3ccccc3-4)ccc2-c2c(-c3ccccc3)cccc21. The topological polar surface area (TPSA) is 16.4 Å². The molecule has 334 valence electrons. The third-order valence-corrected chi connectivity index (χ3v) is 15.6. The molecule has 2 heteroatoms. The van der Waals surface area contributed by atoms with E-state index in [0.717, 1.165) is 50.1 Å². The van der Waals surface area contributed by atoms with Crippen LogP contribution in [0.4, 0.5) is 17.1 Å². The Morgan fingerprint density at radius 2 is 0.831 bits per heavy atom. The Morgan fingerprint density at radius 3 is 1.58 bits per heavy atom. The summed E-state index contributed by atoms with van der Waals surface area (Å²) in [6.07, 6.45) is 0. The lowest BCUT2D eigenvalue weighted by atomic mass is 9.67. The molecule has 0 radical (unpaired) electrons. The Morgan fingerprint density at radius 1 is 0.310 bits per heavy atom. The molecule has 1 atom stereocenters. The highest BCUT2D eigenvalue weighted by atomic mass is 16.3. The van der Waals surface area contributed by atoms with Crippen LogP contribution in [0.3, 0.4) is 0 Å². The van der Waals surface area contributed by atoms with Gasteiger partial charge in [-0.3, -0.25) is 0 Å². The van der Waals surface area contributed by atoms with Gasteiger partial charge in [-0.15, -0.1) is 0 Å². The fourth-order valence-corrected chi connectivity index (χ4v) is 12.4. The van der Waals surface area contributed by atoms with E-state index in [1.165, 1.54) is 72.3 Å². The third-order valence-electron chi connectivity index (χ3n) is 15.6. The lowest BCUT2D eigenvalue weighted by molar-refractivity contribution is 0.669. The standard InChI is InChI=1S/C69H47NO/c1-68(49-23-8-3-9-24-49)62-34-19-32-55(46-20-6-2-7-21-46)67(62)60-41-38-53(44-63(60)68)70(52-29-18-22-47(42-52)48-36-39-59-58-31-15-17-35-65(58)71-66(59)43-48)54-37-40-57-56-30-14-16-33-61(56)69(64(57)45-54,50-25-10-4-11-26-50)51-27-12-5-13-28-51/h2-45H,1H3. The quantitative estimate of drug-likeness (QED) is 0.151. The van der Waals surface area contributed by atoms with Crippen LogP contribution >= 0.6 is 0 Å². The van der Waals surface area contributed by atoms with Crippen molar-refractivity contribution in [1.82, 2.24) is 0 Å². The summed E-state index contributed by atoms with van der Waals surface area (Å²) >= 11 is 0. The summed E-state index contributed by atoms with van der Waals surface area (Å²) in [4.78, 5) is 2.49. The molecule has 1 heterocycles. The van der Waals surface area contributed by atoms with E-state index < -0.39 is 10.8 Å². The highest BCUT2D eigenvalue weighted by Crippen LogP contribution is 2.59. The minimum atomic E-state index is -0.556. The number of anilines is 3. The van der Waals surface area contributed by atoms with Crippen LogP contribution in [-0.4, -0.2) is 0 Å². The number of nitrogens with zero attached hydrogens (tertiary/aromatic N) is 1. The van der Waals surface area contributed by atoms with Crippen molar-refractivity contribution >= 4 is 39.0 Å². The van der Waals surface area contributed by atoms with E-state index >= 15 is 0 Å². The van der Waals surface area contributed by atoms with Crippen LogP contribution in [0.1, 0.15) is 45.9 Å². The number of furan rings is 1. The van der Waals surface area contributed by atoms with E-state index in [2.05, 4.69) is 267 Å². The first kappa shape index (κ1) is 41.0. The van der Waals surface area contributed by atoms with Crippen LogP contribution in [-0.2, 0) is 10.8 Å². The number of fused-ring (bicyclic) bond motifs is 9. The molecule has 11 aromatic carbocycles. The molecule has 1 aromatic heterocycles. The maximum atomic E-state index is 6.44. The fraction of sp³-hybridized carbons (Fsp3) is 0.0435. The molecule has 71 heavy (non-hydrogen) atoms.